The molecule has 2 unspecified atom stereocenters. The van der Waals surface area contributed by atoms with Gasteiger partial charge in [0.15, 0.2) is 0 Å². The van der Waals surface area contributed by atoms with Gasteiger partial charge in [-0.3, -0.25) is 9.69 Å². The molecule has 1 N–H and O–H groups in total. The summed E-state index contributed by atoms with van der Waals surface area (Å²) in [6.07, 6.45) is 11.1. The summed E-state index contributed by atoms with van der Waals surface area (Å²) in [5.74, 6) is 0.850. The van der Waals surface area contributed by atoms with Crippen molar-refractivity contribution in [2.24, 2.45) is 11.8 Å². The highest BCUT2D eigenvalue weighted by Gasteiger charge is 2.45. The molecule has 0 radical (unpaired) electrons. The molecule has 3 aliphatic rings. The Hall–Kier alpha value is -1.78. The molecule has 0 amide bonds. The maximum absolute atomic E-state index is 11.6. The molecule has 5 rings (SSSR count). The summed E-state index contributed by atoms with van der Waals surface area (Å²) in [4.78, 5) is 14.2. The van der Waals surface area contributed by atoms with Crippen molar-refractivity contribution in [1.29, 1.82) is 0 Å². The summed E-state index contributed by atoms with van der Waals surface area (Å²) in [5, 5.41) is 12.5. The van der Waals surface area contributed by atoms with E-state index in [-0.39, 0.29) is 12.0 Å². The lowest BCUT2D eigenvalue weighted by atomic mass is 9.86. The molecule has 184 valence electrons. The predicted molar refractivity (Wildman–Crippen MR) is 138 cm³/mol. The summed E-state index contributed by atoms with van der Waals surface area (Å²) in [6.45, 7) is 4.53. The van der Waals surface area contributed by atoms with Crippen molar-refractivity contribution >= 4 is 28.3 Å². The Bertz CT molecular complexity index is 1020. The van der Waals surface area contributed by atoms with Crippen LogP contribution in [0.25, 0.3) is 10.8 Å². The number of ether oxygens (including phenoxy) is 1. The van der Waals surface area contributed by atoms with Crippen LogP contribution in [-0.4, -0.2) is 34.2 Å². The van der Waals surface area contributed by atoms with Crippen LogP contribution in [-0.2, 0) is 4.79 Å². The molecule has 4 nitrogen and oxygen atoms in total. The average Bonchev–Trinajstić information content (AvgIpc) is 3.09. The van der Waals surface area contributed by atoms with Crippen LogP contribution in [0.5, 0.6) is 5.75 Å². The first-order chi connectivity index (χ1) is 16.5. The Balaban J connectivity index is 1.35. The van der Waals surface area contributed by atoms with Crippen LogP contribution in [0, 0.1) is 11.8 Å². The molecule has 2 aromatic carbocycles. The zero-order valence-electron chi connectivity index (χ0n) is 20.5. The number of nitrogens with zero attached hydrogens (tertiary/aromatic N) is 1. The number of hydrogen-bond donors (Lipinski definition) is 1. The Labute approximate surface area is 208 Å². The SMILES string of the molecule is CC[C@@H](c1ccc2c(Cl)c(O[C@H]3CC[C@@H](CC)CC3)ccc2c1)N1C2CCC1CC(C(=O)O)C2. The summed E-state index contributed by atoms with van der Waals surface area (Å²) in [7, 11) is 0. The van der Waals surface area contributed by atoms with Crippen LogP contribution < -0.4 is 4.74 Å². The molecule has 2 aliphatic heterocycles. The van der Waals surface area contributed by atoms with E-state index in [1.54, 1.807) is 0 Å². The normalized spacial score (nSPS) is 30.4. The summed E-state index contributed by atoms with van der Waals surface area (Å²) < 4.78 is 6.36. The third kappa shape index (κ3) is 4.56. The van der Waals surface area contributed by atoms with Gasteiger partial charge in [-0.05, 0) is 86.8 Å². The second-order valence-corrected chi connectivity index (χ2v) is 11.2. The molecule has 2 heterocycles. The lowest BCUT2D eigenvalue weighted by molar-refractivity contribution is -0.144. The summed E-state index contributed by atoms with van der Waals surface area (Å²) >= 11 is 6.84. The molecule has 2 bridgehead atoms. The second-order valence-electron chi connectivity index (χ2n) is 10.8. The van der Waals surface area contributed by atoms with E-state index < -0.39 is 5.97 Å². The summed E-state index contributed by atoms with van der Waals surface area (Å²) in [5.41, 5.74) is 1.31. The number of carboxylic acids is 1. The average molecular weight is 484 g/mol. The van der Waals surface area contributed by atoms with E-state index in [1.807, 2.05) is 6.07 Å². The van der Waals surface area contributed by atoms with Gasteiger partial charge in [0.1, 0.15) is 5.75 Å². The minimum Gasteiger partial charge on any atom is -0.489 e. The fourth-order valence-corrected chi connectivity index (χ4v) is 7.25. The lowest BCUT2D eigenvalue weighted by Gasteiger charge is -2.42. The van der Waals surface area contributed by atoms with Gasteiger partial charge >= 0.3 is 5.97 Å². The monoisotopic (exact) mass is 483 g/mol. The highest BCUT2D eigenvalue weighted by Crippen LogP contribution is 2.45. The Kier molecular flexibility index (Phi) is 7.09. The van der Waals surface area contributed by atoms with Gasteiger partial charge in [0.05, 0.1) is 17.0 Å². The third-order valence-corrected chi connectivity index (χ3v) is 9.27. The molecule has 34 heavy (non-hydrogen) atoms. The highest BCUT2D eigenvalue weighted by atomic mass is 35.5. The van der Waals surface area contributed by atoms with E-state index in [0.29, 0.717) is 18.1 Å². The highest BCUT2D eigenvalue weighted by molar-refractivity contribution is 6.37. The van der Waals surface area contributed by atoms with E-state index in [2.05, 4.69) is 43.0 Å². The summed E-state index contributed by atoms with van der Waals surface area (Å²) in [6, 6.07) is 11.9. The van der Waals surface area contributed by atoms with Crippen molar-refractivity contribution in [2.45, 2.75) is 102 Å². The number of carboxylic acid groups (broad SMARTS) is 1. The van der Waals surface area contributed by atoms with Gasteiger partial charge in [0, 0.05) is 23.5 Å². The van der Waals surface area contributed by atoms with Crippen molar-refractivity contribution in [3.63, 3.8) is 0 Å². The smallest absolute Gasteiger partial charge is 0.306 e. The number of piperidine rings is 1. The van der Waals surface area contributed by atoms with E-state index in [4.69, 9.17) is 16.3 Å². The van der Waals surface area contributed by atoms with Crippen molar-refractivity contribution in [2.75, 3.05) is 0 Å². The molecule has 3 fully saturated rings. The number of rotatable bonds is 7. The molecule has 2 saturated heterocycles. The molecule has 1 aliphatic carbocycles. The quantitative estimate of drug-likeness (QED) is 0.440. The standard InChI is InChI=1S/C29H38ClNO3/c1-3-18-5-11-24(12-6-18)34-27-14-8-19-15-20(7-13-25(19)28(27)30)26(4-2)31-22-9-10-23(31)17-21(16-22)29(32)33/h7-8,13-15,18,21-24,26H,3-6,9-12,16-17H2,1-2H3,(H,32,33)/t18-,21?,22?,23?,24+,26-/m0/s1. The maximum Gasteiger partial charge on any atom is 0.306 e. The van der Waals surface area contributed by atoms with E-state index >= 15 is 0 Å². The first-order valence-electron chi connectivity index (χ1n) is 13.4. The van der Waals surface area contributed by atoms with E-state index in [1.165, 1.54) is 24.8 Å². The van der Waals surface area contributed by atoms with Crippen LogP contribution in [0.2, 0.25) is 5.02 Å². The van der Waals surface area contributed by atoms with Gasteiger partial charge in [0.25, 0.3) is 0 Å². The number of halogens is 1. The van der Waals surface area contributed by atoms with Crippen LogP contribution in [0.15, 0.2) is 30.3 Å². The molecule has 5 heteroatoms. The molecule has 0 aromatic heterocycles. The predicted octanol–water partition coefficient (Wildman–Crippen LogP) is 7.62. The minimum atomic E-state index is -0.624. The van der Waals surface area contributed by atoms with Crippen LogP contribution in [0.3, 0.4) is 0 Å². The molecule has 1 saturated carbocycles. The Morgan fingerprint density at radius 1 is 1.06 bits per heavy atom. The van der Waals surface area contributed by atoms with Crippen molar-refractivity contribution in [1.82, 2.24) is 4.90 Å². The van der Waals surface area contributed by atoms with Crippen molar-refractivity contribution in [3.8, 4) is 5.75 Å². The van der Waals surface area contributed by atoms with Gasteiger partial charge in [-0.15, -0.1) is 0 Å². The maximum atomic E-state index is 11.6. The molecule has 3 atom stereocenters. The van der Waals surface area contributed by atoms with Crippen LogP contribution >= 0.6 is 11.6 Å². The first-order valence-corrected chi connectivity index (χ1v) is 13.7. The molecule has 2 aromatic rings. The Morgan fingerprint density at radius 3 is 2.38 bits per heavy atom. The molecular weight excluding hydrogens is 446 g/mol. The first kappa shape index (κ1) is 23.9. The lowest BCUT2D eigenvalue weighted by Crippen LogP contribution is -2.46. The largest absolute Gasteiger partial charge is 0.489 e. The number of carbonyl (C=O) groups is 1. The number of fused-ring (bicyclic) bond motifs is 3. The van der Waals surface area contributed by atoms with E-state index in [9.17, 15) is 9.90 Å². The molecule has 0 spiro atoms. The van der Waals surface area contributed by atoms with Gasteiger partial charge in [-0.2, -0.15) is 0 Å². The Morgan fingerprint density at radius 2 is 1.76 bits per heavy atom. The van der Waals surface area contributed by atoms with E-state index in [0.717, 1.165) is 72.4 Å². The topological polar surface area (TPSA) is 49.8 Å². The van der Waals surface area contributed by atoms with Crippen LogP contribution in [0.1, 0.15) is 89.7 Å². The number of hydrogen-bond acceptors (Lipinski definition) is 3. The number of benzene rings is 2. The van der Waals surface area contributed by atoms with Crippen LogP contribution in [0.4, 0.5) is 0 Å². The van der Waals surface area contributed by atoms with Gasteiger partial charge in [-0.25, -0.2) is 0 Å². The fourth-order valence-electron chi connectivity index (χ4n) is 6.97. The minimum absolute atomic E-state index is 0.183. The fraction of sp³-hybridized carbons (Fsp3) is 0.621. The third-order valence-electron chi connectivity index (χ3n) is 8.88. The number of aliphatic carboxylic acids is 1. The molecular formula is C29H38ClNO3. The zero-order chi connectivity index (χ0) is 23.8. The van der Waals surface area contributed by atoms with Gasteiger partial charge < -0.3 is 9.84 Å². The van der Waals surface area contributed by atoms with Crippen molar-refractivity contribution in [3.05, 3.63) is 40.9 Å². The van der Waals surface area contributed by atoms with Crippen molar-refractivity contribution < 1.29 is 14.6 Å². The second kappa shape index (κ2) is 10.1. The van der Waals surface area contributed by atoms with Gasteiger partial charge in [0.2, 0.25) is 0 Å². The van der Waals surface area contributed by atoms with Gasteiger partial charge in [-0.1, -0.05) is 50.1 Å². The zero-order valence-corrected chi connectivity index (χ0v) is 21.3.